The normalized spacial score (nSPS) is 15.3. The van der Waals surface area contributed by atoms with Gasteiger partial charge in [0.1, 0.15) is 21.5 Å². The van der Waals surface area contributed by atoms with Gasteiger partial charge < -0.3 is 14.2 Å². The first kappa shape index (κ1) is 24.2. The summed E-state index contributed by atoms with van der Waals surface area (Å²) < 4.78 is 15.6. The quantitative estimate of drug-likeness (QED) is 0.489. The Balaban J connectivity index is 2.03. The second-order valence-electron chi connectivity index (χ2n) is 7.20. The lowest BCUT2D eigenvalue weighted by atomic mass is 10.00. The van der Waals surface area contributed by atoms with Gasteiger partial charge in [-0.2, -0.15) is 0 Å². The number of aryl methyl sites for hydroxylation is 2. The number of thiocarbonyl (C=S) groups is 2. The number of carbonyl (C=O) groups is 2. The van der Waals surface area contributed by atoms with Crippen molar-refractivity contribution in [2.45, 2.75) is 12.8 Å². The van der Waals surface area contributed by atoms with Gasteiger partial charge in [-0.1, -0.05) is 36.6 Å². The number of ether oxygens (including phenoxy) is 3. The second-order valence-corrected chi connectivity index (χ2v) is 7.97. The van der Waals surface area contributed by atoms with E-state index in [1.54, 1.807) is 28.3 Å². The van der Waals surface area contributed by atoms with Crippen molar-refractivity contribution >= 4 is 46.6 Å². The molecule has 0 spiro atoms. The molecule has 0 atom stereocenters. The predicted molar refractivity (Wildman–Crippen MR) is 130 cm³/mol. The third kappa shape index (κ3) is 5.68. The van der Waals surface area contributed by atoms with E-state index < -0.39 is 12.2 Å². The lowest BCUT2D eigenvalue weighted by molar-refractivity contribution is 0.130. The smallest absolute Gasteiger partial charge is 0.435 e. The zero-order chi connectivity index (χ0) is 24.1. The van der Waals surface area contributed by atoms with Crippen LogP contribution in [0, 0.1) is 0 Å². The van der Waals surface area contributed by atoms with E-state index in [1.165, 1.54) is 10.0 Å². The van der Waals surface area contributed by atoms with Crippen LogP contribution in [0.15, 0.2) is 36.4 Å². The third-order valence-electron chi connectivity index (χ3n) is 5.00. The van der Waals surface area contributed by atoms with Crippen LogP contribution in [-0.2, 0) is 17.6 Å². The van der Waals surface area contributed by atoms with Gasteiger partial charge in [0, 0.05) is 14.1 Å². The van der Waals surface area contributed by atoms with Crippen LogP contribution in [0.2, 0.25) is 0 Å². The van der Waals surface area contributed by atoms with Gasteiger partial charge in [0.15, 0.2) is 0 Å². The van der Waals surface area contributed by atoms with Gasteiger partial charge in [0.2, 0.25) is 0 Å². The molecule has 33 heavy (non-hydrogen) atoms. The van der Waals surface area contributed by atoms with E-state index in [0.717, 1.165) is 24.0 Å². The first-order chi connectivity index (χ1) is 15.7. The lowest BCUT2D eigenvalue weighted by Crippen LogP contribution is -2.48. The number of benzene rings is 2. The van der Waals surface area contributed by atoms with Gasteiger partial charge in [-0.3, -0.25) is 10.0 Å². The van der Waals surface area contributed by atoms with Gasteiger partial charge >= 0.3 is 12.2 Å². The number of nitrogens with one attached hydrogen (secondary N) is 2. The number of nitrogens with zero attached hydrogens (tertiary/aromatic N) is 2. The van der Waals surface area contributed by atoms with E-state index in [0.29, 0.717) is 32.6 Å². The van der Waals surface area contributed by atoms with Gasteiger partial charge in [-0.25, -0.2) is 20.4 Å². The Morgan fingerprint density at radius 3 is 1.55 bits per heavy atom. The number of hydrogen-bond donors (Lipinski definition) is 2. The highest BCUT2D eigenvalue weighted by Gasteiger charge is 2.21. The summed E-state index contributed by atoms with van der Waals surface area (Å²) >= 11 is 11.0. The van der Waals surface area contributed by atoms with Crippen molar-refractivity contribution in [3.63, 3.8) is 0 Å². The average molecular weight is 489 g/mol. The summed E-state index contributed by atoms with van der Waals surface area (Å²) in [5.74, 6) is 1.11. The molecule has 0 radical (unpaired) electrons. The molecule has 0 aliphatic carbocycles. The zero-order valence-electron chi connectivity index (χ0n) is 18.6. The van der Waals surface area contributed by atoms with Crippen molar-refractivity contribution < 1.29 is 23.8 Å². The Labute approximate surface area is 202 Å². The van der Waals surface area contributed by atoms with Crippen LogP contribution < -0.4 is 20.3 Å². The van der Waals surface area contributed by atoms with Crippen LogP contribution in [0.4, 0.5) is 9.59 Å². The van der Waals surface area contributed by atoms with Crippen LogP contribution in [0.1, 0.15) is 22.3 Å². The fourth-order valence-corrected chi connectivity index (χ4v) is 3.72. The fraction of sp³-hybridized carbons (Fsp3) is 0.273. The summed E-state index contributed by atoms with van der Waals surface area (Å²) in [6, 6.07) is 11.4. The Kier molecular flexibility index (Phi) is 7.67. The van der Waals surface area contributed by atoms with Crippen molar-refractivity contribution in [2.75, 3.05) is 28.3 Å². The van der Waals surface area contributed by atoms with Crippen molar-refractivity contribution in [3.05, 3.63) is 58.7 Å². The van der Waals surface area contributed by atoms with Gasteiger partial charge in [-0.05, 0) is 48.2 Å². The molecule has 0 saturated heterocycles. The molecule has 9 nitrogen and oxygen atoms in total. The fourth-order valence-electron chi connectivity index (χ4n) is 3.31. The molecule has 2 N–H and O–H groups in total. The average Bonchev–Trinajstić information content (AvgIpc) is 2.80. The molecule has 11 heteroatoms. The number of methoxy groups -OCH3 is 2. The molecular formula is C22H24N4O5S2. The molecule has 2 amide bonds. The number of carbonyl (C=O) groups excluding carboxylic acids is 2. The summed E-state index contributed by atoms with van der Waals surface area (Å²) in [5, 5.41) is 2.57. The maximum absolute atomic E-state index is 12.2. The number of hydrogen-bond acceptors (Lipinski definition) is 7. The molecular weight excluding hydrogens is 464 g/mol. The Hall–Kier alpha value is -3.44. The molecule has 0 unspecified atom stereocenters. The topological polar surface area (TPSA) is 92.4 Å². The molecule has 1 heterocycles. The van der Waals surface area contributed by atoms with Crippen LogP contribution in [-0.4, -0.2) is 60.5 Å². The molecule has 0 fully saturated rings. The monoisotopic (exact) mass is 488 g/mol. The summed E-state index contributed by atoms with van der Waals surface area (Å²) in [6.07, 6.45) is -0.584. The molecule has 1 aliphatic rings. The Morgan fingerprint density at radius 2 is 1.18 bits per heavy atom. The Morgan fingerprint density at radius 1 is 0.788 bits per heavy atom. The zero-order valence-corrected chi connectivity index (χ0v) is 20.3. The molecule has 1 aliphatic heterocycles. The van der Waals surface area contributed by atoms with Crippen LogP contribution in [0.25, 0.3) is 0 Å². The molecule has 4 bridgehead atoms. The minimum absolute atomic E-state index is 0.292. The Bertz CT molecular complexity index is 1020. The van der Waals surface area contributed by atoms with E-state index in [9.17, 15) is 9.59 Å². The second kappa shape index (κ2) is 10.5. The minimum Gasteiger partial charge on any atom is -0.496 e. The number of hydrazine groups is 2. The highest BCUT2D eigenvalue weighted by atomic mass is 32.1. The SMILES string of the molecule is COc1ccc2cc1C(=S)N(C)NC(=O)OC(=O)NN(C)C(=S)c1cc(ccc1OC)CC2. The summed E-state index contributed by atoms with van der Waals surface area (Å²) in [7, 11) is 6.17. The molecule has 2 aromatic carbocycles. The molecule has 0 saturated carbocycles. The first-order valence-corrected chi connectivity index (χ1v) is 10.7. The third-order valence-corrected chi connectivity index (χ3v) is 5.99. The summed E-state index contributed by atoms with van der Waals surface area (Å²) in [4.78, 5) is 25.0. The standard InChI is InChI=1S/C22H24N4O5S2/c1-25-19(32)15-11-13(7-9-17(15)29-3)5-6-14-8-10-18(30-4)16(12-14)20(33)26(2)24-22(28)31-21(27)23-25/h7-12H,5-6H2,1-4H3,(H,23,27)(H,24,28). The van der Waals surface area contributed by atoms with E-state index in [1.807, 2.05) is 36.4 Å². The maximum atomic E-state index is 12.2. The van der Waals surface area contributed by atoms with Crippen LogP contribution >= 0.6 is 24.4 Å². The predicted octanol–water partition coefficient (Wildman–Crippen LogP) is 2.98. The highest BCUT2D eigenvalue weighted by molar-refractivity contribution is 7.81. The van der Waals surface area contributed by atoms with Crippen LogP contribution in [0.5, 0.6) is 11.5 Å². The van der Waals surface area contributed by atoms with E-state index in [4.69, 9.17) is 38.6 Å². The number of rotatable bonds is 2. The van der Waals surface area contributed by atoms with E-state index in [-0.39, 0.29) is 0 Å². The summed E-state index contributed by atoms with van der Waals surface area (Å²) in [5.41, 5.74) is 8.12. The van der Waals surface area contributed by atoms with E-state index >= 15 is 0 Å². The van der Waals surface area contributed by atoms with Crippen LogP contribution in [0.3, 0.4) is 0 Å². The number of fused-ring (bicyclic) bond motifs is 4. The number of amides is 2. The molecule has 3 rings (SSSR count). The van der Waals surface area contributed by atoms with Crippen molar-refractivity contribution in [2.24, 2.45) is 0 Å². The van der Waals surface area contributed by atoms with Crippen molar-refractivity contribution in [1.29, 1.82) is 0 Å². The largest absolute Gasteiger partial charge is 0.496 e. The van der Waals surface area contributed by atoms with Crippen molar-refractivity contribution in [3.8, 4) is 11.5 Å². The minimum atomic E-state index is -1.02. The summed E-state index contributed by atoms with van der Waals surface area (Å²) in [6.45, 7) is 0. The maximum Gasteiger partial charge on any atom is 0.435 e. The lowest BCUT2D eigenvalue weighted by Gasteiger charge is -2.23. The molecule has 174 valence electrons. The first-order valence-electron chi connectivity index (χ1n) is 9.92. The van der Waals surface area contributed by atoms with E-state index in [2.05, 4.69) is 10.9 Å². The molecule has 0 aromatic heterocycles. The van der Waals surface area contributed by atoms with Gasteiger partial charge in [0.25, 0.3) is 0 Å². The molecule has 2 aromatic rings. The number of cyclic esters (lactones) is 2. The highest BCUT2D eigenvalue weighted by Crippen LogP contribution is 2.25. The van der Waals surface area contributed by atoms with Gasteiger partial charge in [0.05, 0.1) is 25.3 Å². The van der Waals surface area contributed by atoms with Crippen molar-refractivity contribution in [1.82, 2.24) is 20.9 Å². The van der Waals surface area contributed by atoms with Gasteiger partial charge in [-0.15, -0.1) is 0 Å².